The van der Waals surface area contributed by atoms with Gasteiger partial charge in [0.15, 0.2) is 0 Å². The monoisotopic (exact) mass is 254 g/mol. The molecule has 3 rings (SSSR count). The molecule has 2 unspecified atom stereocenters. The van der Waals surface area contributed by atoms with Crippen LogP contribution < -0.4 is 0 Å². The van der Waals surface area contributed by atoms with Gasteiger partial charge in [-0.25, -0.2) is 0 Å². The van der Waals surface area contributed by atoms with Crippen LogP contribution in [-0.2, 0) is 6.42 Å². The summed E-state index contributed by atoms with van der Waals surface area (Å²) >= 11 is 12.1. The molecule has 0 aliphatic heterocycles. The van der Waals surface area contributed by atoms with Crippen LogP contribution in [0.15, 0.2) is 24.3 Å². The molecule has 1 aromatic carbocycles. The molecule has 0 saturated heterocycles. The van der Waals surface area contributed by atoms with Gasteiger partial charge in [0, 0.05) is 10.9 Å². The van der Waals surface area contributed by atoms with Gasteiger partial charge >= 0.3 is 0 Å². The normalized spacial score (nSPS) is 36.1. The highest BCUT2D eigenvalue weighted by Crippen LogP contribution is 2.61. The summed E-state index contributed by atoms with van der Waals surface area (Å²) in [6.07, 6.45) is 5.26. The van der Waals surface area contributed by atoms with Crippen LogP contribution in [0.25, 0.3) is 0 Å². The topological polar surface area (TPSA) is 0 Å². The van der Waals surface area contributed by atoms with E-state index in [1.165, 1.54) is 24.8 Å². The molecule has 2 aliphatic carbocycles. The Balaban J connectivity index is 1.75. The van der Waals surface area contributed by atoms with Gasteiger partial charge in [0.05, 0.1) is 0 Å². The molecule has 2 atom stereocenters. The summed E-state index contributed by atoms with van der Waals surface area (Å²) in [6.45, 7) is 0. The van der Waals surface area contributed by atoms with Crippen molar-refractivity contribution < 1.29 is 0 Å². The van der Waals surface area contributed by atoms with Crippen molar-refractivity contribution in [1.82, 2.24) is 0 Å². The van der Waals surface area contributed by atoms with Gasteiger partial charge in [-0.3, -0.25) is 0 Å². The van der Waals surface area contributed by atoms with Crippen LogP contribution >= 0.6 is 23.2 Å². The molecule has 2 aliphatic rings. The zero-order chi connectivity index (χ0) is 11.2. The first-order chi connectivity index (χ1) is 7.71. The Hall–Kier alpha value is -0.200. The summed E-state index contributed by atoms with van der Waals surface area (Å²) in [5.74, 6) is 2.79. The van der Waals surface area contributed by atoms with Crippen LogP contribution in [0, 0.1) is 17.3 Å². The Bertz CT molecular complexity index is 372. The highest BCUT2D eigenvalue weighted by Gasteiger charge is 2.53. The fourth-order valence-corrected chi connectivity index (χ4v) is 3.78. The van der Waals surface area contributed by atoms with E-state index >= 15 is 0 Å². The maximum absolute atomic E-state index is 6.21. The highest BCUT2D eigenvalue weighted by molar-refractivity contribution is 6.30. The summed E-state index contributed by atoms with van der Waals surface area (Å²) in [5.41, 5.74) is 1.76. The molecule has 0 nitrogen and oxygen atoms in total. The van der Waals surface area contributed by atoms with Crippen LogP contribution in [0.2, 0.25) is 5.02 Å². The lowest BCUT2D eigenvalue weighted by atomic mass is 9.79. The van der Waals surface area contributed by atoms with Crippen LogP contribution in [-0.4, -0.2) is 5.88 Å². The minimum Gasteiger partial charge on any atom is -0.126 e. The molecule has 0 bridgehead atoms. The highest BCUT2D eigenvalue weighted by atomic mass is 35.5. The maximum Gasteiger partial charge on any atom is 0.0406 e. The second-order valence-electron chi connectivity index (χ2n) is 5.60. The third-order valence-corrected chi connectivity index (χ3v) is 5.05. The lowest BCUT2D eigenvalue weighted by molar-refractivity contribution is 0.303. The molecule has 2 fully saturated rings. The third-order valence-electron chi connectivity index (χ3n) is 4.24. The molecule has 86 valence electrons. The van der Waals surface area contributed by atoms with Crippen molar-refractivity contribution >= 4 is 23.2 Å². The van der Waals surface area contributed by atoms with Gasteiger partial charge in [-0.2, -0.15) is 0 Å². The average Bonchev–Trinajstić information content (AvgIpc) is 2.91. The largest absolute Gasteiger partial charge is 0.126 e. The quantitative estimate of drug-likeness (QED) is 0.696. The molecular formula is C14H16Cl2. The van der Waals surface area contributed by atoms with Crippen molar-refractivity contribution in [3.8, 4) is 0 Å². The van der Waals surface area contributed by atoms with E-state index in [4.69, 9.17) is 23.2 Å². The Morgan fingerprint density at radius 3 is 2.31 bits per heavy atom. The Morgan fingerprint density at radius 1 is 1.12 bits per heavy atom. The van der Waals surface area contributed by atoms with Gasteiger partial charge in [0.25, 0.3) is 0 Å². The first kappa shape index (κ1) is 10.9. The summed E-state index contributed by atoms with van der Waals surface area (Å²) in [7, 11) is 0. The fourth-order valence-electron chi connectivity index (χ4n) is 3.34. The van der Waals surface area contributed by atoms with Crippen LogP contribution in [0.3, 0.4) is 0 Å². The van der Waals surface area contributed by atoms with Crippen molar-refractivity contribution in [3.05, 3.63) is 34.9 Å². The minimum atomic E-state index is 0.378. The van der Waals surface area contributed by atoms with E-state index in [9.17, 15) is 0 Å². The Morgan fingerprint density at radius 2 is 1.75 bits per heavy atom. The molecular weight excluding hydrogens is 239 g/mol. The Kier molecular flexibility index (Phi) is 2.68. The number of hydrogen-bond acceptors (Lipinski definition) is 0. The second-order valence-corrected chi connectivity index (χ2v) is 6.30. The van der Waals surface area contributed by atoms with E-state index in [1.807, 2.05) is 12.1 Å². The number of hydrogen-bond donors (Lipinski definition) is 0. The number of rotatable bonds is 3. The summed E-state index contributed by atoms with van der Waals surface area (Å²) in [4.78, 5) is 0. The molecule has 0 radical (unpaired) electrons. The zero-order valence-corrected chi connectivity index (χ0v) is 10.8. The number of benzene rings is 1. The van der Waals surface area contributed by atoms with Crippen molar-refractivity contribution in [2.75, 3.05) is 5.88 Å². The van der Waals surface area contributed by atoms with Gasteiger partial charge < -0.3 is 0 Å². The van der Waals surface area contributed by atoms with Crippen molar-refractivity contribution in [3.63, 3.8) is 0 Å². The molecule has 0 amide bonds. The molecule has 0 heterocycles. The van der Waals surface area contributed by atoms with Gasteiger partial charge in [-0.05, 0) is 60.6 Å². The molecule has 0 spiro atoms. The smallest absolute Gasteiger partial charge is 0.0406 e. The number of fused-ring (bicyclic) bond motifs is 1. The molecule has 1 aromatic rings. The van der Waals surface area contributed by atoms with Crippen molar-refractivity contribution in [2.24, 2.45) is 17.3 Å². The lowest BCUT2D eigenvalue weighted by Gasteiger charge is -2.28. The minimum absolute atomic E-state index is 0.378. The molecule has 2 saturated carbocycles. The van der Waals surface area contributed by atoms with Crippen LogP contribution in [0.1, 0.15) is 24.8 Å². The van der Waals surface area contributed by atoms with E-state index in [0.29, 0.717) is 5.41 Å². The van der Waals surface area contributed by atoms with Gasteiger partial charge in [0.1, 0.15) is 0 Å². The number of halogens is 2. The summed E-state index contributed by atoms with van der Waals surface area (Å²) in [6, 6.07) is 8.24. The predicted molar refractivity (Wildman–Crippen MR) is 69.1 cm³/mol. The summed E-state index contributed by atoms with van der Waals surface area (Å²) < 4.78 is 0. The van der Waals surface area contributed by atoms with E-state index in [-0.39, 0.29) is 0 Å². The molecule has 0 aromatic heterocycles. The third kappa shape index (κ3) is 1.98. The van der Waals surface area contributed by atoms with E-state index in [1.54, 1.807) is 0 Å². The van der Waals surface area contributed by atoms with Gasteiger partial charge in [-0.15, -0.1) is 11.6 Å². The fraction of sp³-hybridized carbons (Fsp3) is 0.571. The van der Waals surface area contributed by atoms with Crippen LogP contribution in [0.4, 0.5) is 0 Å². The molecule has 2 heteroatoms. The second kappa shape index (κ2) is 3.92. The summed E-state index contributed by atoms with van der Waals surface area (Å²) in [5, 5.41) is 0.818. The van der Waals surface area contributed by atoms with Crippen molar-refractivity contribution in [1.29, 1.82) is 0 Å². The first-order valence-electron chi connectivity index (χ1n) is 6.01. The standard InChI is InChI=1S/C14H16Cl2/c15-9-14(7-11-5-12(11)8-14)6-10-1-3-13(16)4-2-10/h1-4,11-12H,5-9H2. The number of alkyl halides is 1. The van der Waals surface area contributed by atoms with E-state index in [0.717, 1.165) is 29.2 Å². The van der Waals surface area contributed by atoms with Gasteiger partial charge in [-0.1, -0.05) is 23.7 Å². The van der Waals surface area contributed by atoms with Crippen molar-refractivity contribution in [2.45, 2.75) is 25.7 Å². The first-order valence-corrected chi connectivity index (χ1v) is 6.92. The van der Waals surface area contributed by atoms with E-state index < -0.39 is 0 Å². The van der Waals surface area contributed by atoms with E-state index in [2.05, 4.69) is 12.1 Å². The lowest BCUT2D eigenvalue weighted by Crippen LogP contribution is -2.23. The SMILES string of the molecule is ClCC1(Cc2ccc(Cl)cc2)CC2CC2C1. The zero-order valence-electron chi connectivity index (χ0n) is 9.26. The average molecular weight is 255 g/mol. The molecule has 16 heavy (non-hydrogen) atoms. The maximum atomic E-state index is 6.21. The van der Waals surface area contributed by atoms with Crippen LogP contribution in [0.5, 0.6) is 0 Å². The van der Waals surface area contributed by atoms with Gasteiger partial charge in [0.2, 0.25) is 0 Å². The molecule has 0 N–H and O–H groups in total. The Labute approximate surface area is 107 Å². The predicted octanol–water partition coefficient (Wildman–Crippen LogP) is 4.54.